The highest BCUT2D eigenvalue weighted by molar-refractivity contribution is 9.10. The molecule has 3 rings (SSSR count). The number of carbonyl (C=O) groups is 1. The number of hydrogen-bond donors (Lipinski definition) is 0. The fourth-order valence-electron chi connectivity index (χ4n) is 2.91. The van der Waals surface area contributed by atoms with Crippen LogP contribution in [0.2, 0.25) is 5.02 Å². The standard InChI is InChI=1S/C18H20BrClN4O3S/c1-22(2)28(26,27)16-11-13(3-5-15(16)19)18(25)24-9-7-23(8-10-24)17-6-4-14(20)12-21-17/h3-6,11-12H,7-10H2,1-2H3. The number of halogens is 2. The Labute approximate surface area is 178 Å². The lowest BCUT2D eigenvalue weighted by Crippen LogP contribution is -2.49. The summed E-state index contributed by atoms with van der Waals surface area (Å²) in [5.41, 5.74) is 0.349. The predicted molar refractivity (Wildman–Crippen MR) is 112 cm³/mol. The maximum atomic E-state index is 12.9. The van der Waals surface area contributed by atoms with Crippen molar-refractivity contribution in [3.63, 3.8) is 0 Å². The van der Waals surface area contributed by atoms with Crippen molar-refractivity contribution in [1.29, 1.82) is 0 Å². The van der Waals surface area contributed by atoms with Gasteiger partial charge in [-0.05, 0) is 46.3 Å². The molecule has 1 amide bonds. The minimum absolute atomic E-state index is 0.0763. The zero-order chi connectivity index (χ0) is 20.5. The van der Waals surface area contributed by atoms with E-state index >= 15 is 0 Å². The number of nitrogens with zero attached hydrogens (tertiary/aromatic N) is 4. The highest BCUT2D eigenvalue weighted by Crippen LogP contribution is 2.26. The lowest BCUT2D eigenvalue weighted by molar-refractivity contribution is 0.0746. The third kappa shape index (κ3) is 4.32. The molecule has 7 nitrogen and oxygen atoms in total. The van der Waals surface area contributed by atoms with Gasteiger partial charge >= 0.3 is 0 Å². The van der Waals surface area contributed by atoms with Crippen molar-refractivity contribution in [2.24, 2.45) is 0 Å². The summed E-state index contributed by atoms with van der Waals surface area (Å²) in [6.07, 6.45) is 1.60. The molecule has 150 valence electrons. The van der Waals surface area contributed by atoms with E-state index in [-0.39, 0.29) is 10.8 Å². The number of aromatic nitrogens is 1. The number of amides is 1. The molecule has 1 aromatic carbocycles. The Kier molecular flexibility index (Phi) is 6.28. The molecule has 0 radical (unpaired) electrons. The lowest BCUT2D eigenvalue weighted by atomic mass is 10.2. The number of piperazine rings is 1. The monoisotopic (exact) mass is 486 g/mol. The Hall–Kier alpha value is -1.68. The van der Waals surface area contributed by atoms with Crippen LogP contribution in [0.5, 0.6) is 0 Å². The van der Waals surface area contributed by atoms with Crippen molar-refractivity contribution >= 4 is 49.3 Å². The first-order valence-electron chi connectivity index (χ1n) is 8.58. The maximum Gasteiger partial charge on any atom is 0.254 e. The summed E-state index contributed by atoms with van der Waals surface area (Å²) < 4.78 is 26.5. The van der Waals surface area contributed by atoms with Gasteiger partial charge in [0.1, 0.15) is 5.82 Å². The van der Waals surface area contributed by atoms with Crippen molar-refractivity contribution < 1.29 is 13.2 Å². The lowest BCUT2D eigenvalue weighted by Gasteiger charge is -2.35. The van der Waals surface area contributed by atoms with Gasteiger partial charge in [0, 0.05) is 56.5 Å². The number of anilines is 1. The smallest absolute Gasteiger partial charge is 0.254 e. The van der Waals surface area contributed by atoms with Crippen molar-refractivity contribution in [2.45, 2.75) is 4.90 Å². The zero-order valence-corrected chi connectivity index (χ0v) is 18.6. The Balaban J connectivity index is 1.74. The molecule has 28 heavy (non-hydrogen) atoms. The molecule has 2 heterocycles. The van der Waals surface area contributed by atoms with E-state index in [1.807, 2.05) is 6.07 Å². The number of pyridine rings is 1. The SMILES string of the molecule is CN(C)S(=O)(=O)c1cc(C(=O)N2CCN(c3ccc(Cl)cn3)CC2)ccc1Br. The summed E-state index contributed by atoms with van der Waals surface area (Å²) in [6.45, 7) is 2.32. The molecule has 10 heteroatoms. The van der Waals surface area contributed by atoms with Crippen LogP contribution < -0.4 is 4.90 Å². The molecule has 1 aliphatic rings. The summed E-state index contributed by atoms with van der Waals surface area (Å²) in [5, 5.41) is 0.580. The van der Waals surface area contributed by atoms with Gasteiger partial charge < -0.3 is 9.80 Å². The Morgan fingerprint density at radius 2 is 1.82 bits per heavy atom. The second-order valence-corrected chi connectivity index (χ2v) is 9.96. The van der Waals surface area contributed by atoms with Gasteiger partial charge in [0.05, 0.1) is 9.92 Å². The van der Waals surface area contributed by atoms with E-state index in [9.17, 15) is 13.2 Å². The number of carbonyl (C=O) groups excluding carboxylic acids is 1. The Bertz CT molecular complexity index is 975. The first-order chi connectivity index (χ1) is 13.2. The first-order valence-corrected chi connectivity index (χ1v) is 11.2. The van der Waals surface area contributed by atoms with E-state index in [1.54, 1.807) is 29.3 Å². The summed E-state index contributed by atoms with van der Waals surface area (Å²) >= 11 is 9.14. The molecule has 0 atom stereocenters. The van der Waals surface area contributed by atoms with Crippen molar-refractivity contribution in [3.8, 4) is 0 Å². The third-order valence-corrected chi connectivity index (χ3v) is 7.57. The third-order valence-electron chi connectivity index (χ3n) is 4.54. The molecule has 0 spiro atoms. The van der Waals surface area contributed by atoms with Gasteiger partial charge in [0.15, 0.2) is 0 Å². The summed E-state index contributed by atoms with van der Waals surface area (Å²) in [6, 6.07) is 8.30. The molecule has 0 N–H and O–H groups in total. The summed E-state index contributed by atoms with van der Waals surface area (Å²) in [5.74, 6) is 0.630. The molecule has 1 saturated heterocycles. The average molecular weight is 488 g/mol. The predicted octanol–water partition coefficient (Wildman–Crippen LogP) is 2.71. The Morgan fingerprint density at radius 1 is 1.14 bits per heavy atom. The van der Waals surface area contributed by atoms with Gasteiger partial charge in [-0.1, -0.05) is 11.6 Å². The van der Waals surface area contributed by atoms with E-state index in [0.717, 1.165) is 10.1 Å². The summed E-state index contributed by atoms with van der Waals surface area (Å²) in [4.78, 5) is 21.1. The van der Waals surface area contributed by atoms with Crippen LogP contribution in [0.25, 0.3) is 0 Å². The normalized spacial score (nSPS) is 15.2. The minimum Gasteiger partial charge on any atom is -0.353 e. The van der Waals surface area contributed by atoms with E-state index < -0.39 is 10.0 Å². The topological polar surface area (TPSA) is 73.8 Å². The van der Waals surface area contributed by atoms with E-state index in [1.165, 1.54) is 20.2 Å². The number of hydrogen-bond acceptors (Lipinski definition) is 5. The van der Waals surface area contributed by atoms with E-state index in [0.29, 0.717) is 41.2 Å². The quantitative estimate of drug-likeness (QED) is 0.663. The maximum absolute atomic E-state index is 12.9. The average Bonchev–Trinajstić information content (AvgIpc) is 2.68. The van der Waals surface area contributed by atoms with Crippen LogP contribution >= 0.6 is 27.5 Å². The molecular weight excluding hydrogens is 468 g/mol. The molecule has 0 unspecified atom stereocenters. The minimum atomic E-state index is -3.65. The fourth-order valence-corrected chi connectivity index (χ4v) is 4.86. The second kappa shape index (κ2) is 8.36. The van der Waals surface area contributed by atoms with Crippen LogP contribution in [0.1, 0.15) is 10.4 Å². The van der Waals surface area contributed by atoms with Gasteiger partial charge in [0.25, 0.3) is 5.91 Å². The van der Waals surface area contributed by atoms with Gasteiger partial charge in [-0.3, -0.25) is 4.79 Å². The molecule has 2 aromatic rings. The molecule has 1 fully saturated rings. The molecule has 0 saturated carbocycles. The summed E-state index contributed by atoms with van der Waals surface area (Å²) in [7, 11) is -0.737. The van der Waals surface area contributed by atoms with Crippen molar-refractivity contribution in [2.75, 3.05) is 45.2 Å². The van der Waals surface area contributed by atoms with Crippen molar-refractivity contribution in [1.82, 2.24) is 14.2 Å². The largest absolute Gasteiger partial charge is 0.353 e. The molecule has 1 aromatic heterocycles. The van der Waals surface area contributed by atoms with Crippen LogP contribution in [0.3, 0.4) is 0 Å². The number of sulfonamides is 1. The highest BCUT2D eigenvalue weighted by Gasteiger charge is 2.26. The van der Waals surface area contributed by atoms with Gasteiger partial charge in [-0.25, -0.2) is 17.7 Å². The van der Waals surface area contributed by atoms with Crippen LogP contribution in [0, 0.1) is 0 Å². The second-order valence-electron chi connectivity index (χ2n) is 6.55. The highest BCUT2D eigenvalue weighted by atomic mass is 79.9. The number of benzene rings is 1. The molecular formula is C18H20BrClN4O3S. The van der Waals surface area contributed by atoms with Gasteiger partial charge in [-0.2, -0.15) is 0 Å². The van der Waals surface area contributed by atoms with E-state index in [4.69, 9.17) is 11.6 Å². The molecule has 0 bridgehead atoms. The number of rotatable bonds is 4. The van der Waals surface area contributed by atoms with Crippen LogP contribution in [0.4, 0.5) is 5.82 Å². The molecule has 0 aliphatic carbocycles. The van der Waals surface area contributed by atoms with Crippen molar-refractivity contribution in [3.05, 3.63) is 51.6 Å². The van der Waals surface area contributed by atoms with Crippen LogP contribution in [-0.4, -0.2) is 68.8 Å². The first kappa shape index (κ1) is 21.0. The van der Waals surface area contributed by atoms with Gasteiger partial charge in [-0.15, -0.1) is 0 Å². The van der Waals surface area contributed by atoms with Gasteiger partial charge in [0.2, 0.25) is 10.0 Å². The fraction of sp³-hybridized carbons (Fsp3) is 0.333. The Morgan fingerprint density at radius 3 is 2.39 bits per heavy atom. The zero-order valence-electron chi connectivity index (χ0n) is 15.5. The van der Waals surface area contributed by atoms with Crippen LogP contribution in [0.15, 0.2) is 45.9 Å². The van der Waals surface area contributed by atoms with E-state index in [2.05, 4.69) is 25.8 Å². The van der Waals surface area contributed by atoms with Crippen LogP contribution in [-0.2, 0) is 10.0 Å². The molecule has 1 aliphatic heterocycles.